The van der Waals surface area contributed by atoms with Gasteiger partial charge < -0.3 is 9.47 Å². The number of hydrogen-bond donors (Lipinski definition) is 0. The molecule has 15 heavy (non-hydrogen) atoms. The third-order valence-corrected chi connectivity index (χ3v) is 1.72. The first kappa shape index (κ1) is 13.9. The van der Waals surface area contributed by atoms with E-state index in [0.717, 1.165) is 7.11 Å². The molecule has 4 nitrogen and oxygen atoms in total. The second kappa shape index (κ2) is 4.59. The van der Waals surface area contributed by atoms with Gasteiger partial charge in [-0.2, -0.15) is 0 Å². The summed E-state index contributed by atoms with van der Waals surface area (Å²) in [6.07, 6.45) is -0.311. The van der Waals surface area contributed by atoms with Crippen LogP contribution in [0.5, 0.6) is 0 Å². The summed E-state index contributed by atoms with van der Waals surface area (Å²) < 4.78 is 22.9. The van der Waals surface area contributed by atoms with Crippen molar-refractivity contribution in [3.8, 4) is 0 Å². The fourth-order valence-electron chi connectivity index (χ4n) is 0.893. The number of rotatable bonds is 3. The van der Waals surface area contributed by atoms with Crippen LogP contribution in [0.25, 0.3) is 0 Å². The highest BCUT2D eigenvalue weighted by molar-refractivity contribution is 6.03. The Hall–Kier alpha value is -1.13. The molecule has 0 radical (unpaired) electrons. The molecule has 0 rings (SSSR count). The molecule has 0 aromatic heterocycles. The van der Waals surface area contributed by atoms with Crippen molar-refractivity contribution in [2.75, 3.05) is 7.11 Å². The number of methoxy groups -OCH3 is 1. The van der Waals surface area contributed by atoms with Crippen molar-refractivity contribution in [1.82, 2.24) is 0 Å². The van der Waals surface area contributed by atoms with Gasteiger partial charge in [0.25, 0.3) is 0 Å². The molecule has 1 atom stereocenters. The molecule has 0 aromatic carbocycles. The molecule has 0 aliphatic heterocycles. The molecular weight excluding hydrogens is 203 g/mol. The molecule has 0 saturated heterocycles. The van der Waals surface area contributed by atoms with Gasteiger partial charge in [0.05, 0.1) is 7.11 Å². The molecule has 88 valence electrons. The van der Waals surface area contributed by atoms with Crippen LogP contribution in [0.4, 0.5) is 4.39 Å². The van der Waals surface area contributed by atoms with Gasteiger partial charge in [-0.1, -0.05) is 6.92 Å². The largest absolute Gasteiger partial charge is 0.466 e. The minimum Gasteiger partial charge on any atom is -0.466 e. The molecule has 0 N–H and O–H groups in total. The molecular formula is C10H17FO4. The van der Waals surface area contributed by atoms with Crippen molar-refractivity contribution in [2.45, 2.75) is 45.4 Å². The zero-order valence-corrected chi connectivity index (χ0v) is 9.72. The molecule has 0 heterocycles. The van der Waals surface area contributed by atoms with Crippen LogP contribution in [0.3, 0.4) is 0 Å². The number of alkyl halides is 1. The van der Waals surface area contributed by atoms with Gasteiger partial charge >= 0.3 is 17.6 Å². The van der Waals surface area contributed by atoms with Crippen LogP contribution in [-0.4, -0.2) is 30.3 Å². The Kier molecular flexibility index (Phi) is 4.25. The Morgan fingerprint density at radius 1 is 1.20 bits per heavy atom. The van der Waals surface area contributed by atoms with E-state index in [2.05, 4.69) is 4.74 Å². The van der Waals surface area contributed by atoms with E-state index in [9.17, 15) is 14.0 Å². The highest BCUT2D eigenvalue weighted by Gasteiger charge is 2.49. The van der Waals surface area contributed by atoms with E-state index in [0.29, 0.717) is 0 Å². The van der Waals surface area contributed by atoms with Crippen molar-refractivity contribution in [3.05, 3.63) is 0 Å². The fourth-order valence-corrected chi connectivity index (χ4v) is 0.893. The summed E-state index contributed by atoms with van der Waals surface area (Å²) in [5.74, 6) is -2.43. The van der Waals surface area contributed by atoms with Gasteiger partial charge in [0.1, 0.15) is 5.60 Å². The summed E-state index contributed by atoms with van der Waals surface area (Å²) in [5.41, 5.74) is -3.54. The predicted molar refractivity (Wildman–Crippen MR) is 52.0 cm³/mol. The van der Waals surface area contributed by atoms with Crippen molar-refractivity contribution < 1.29 is 23.5 Å². The monoisotopic (exact) mass is 220 g/mol. The maximum Gasteiger partial charge on any atom is 0.356 e. The number of esters is 2. The second-order valence-electron chi connectivity index (χ2n) is 4.15. The molecule has 0 spiro atoms. The van der Waals surface area contributed by atoms with E-state index in [1.165, 1.54) is 6.92 Å². The summed E-state index contributed by atoms with van der Waals surface area (Å²) in [4.78, 5) is 22.5. The van der Waals surface area contributed by atoms with Crippen LogP contribution in [-0.2, 0) is 19.1 Å². The first-order valence-corrected chi connectivity index (χ1v) is 4.68. The maximum absolute atomic E-state index is 13.9. The van der Waals surface area contributed by atoms with E-state index in [4.69, 9.17) is 4.74 Å². The molecule has 0 aliphatic carbocycles. The first-order chi connectivity index (χ1) is 6.67. The molecule has 0 fully saturated rings. The van der Waals surface area contributed by atoms with E-state index in [-0.39, 0.29) is 6.42 Å². The van der Waals surface area contributed by atoms with Gasteiger partial charge in [-0.05, 0) is 20.8 Å². The second-order valence-corrected chi connectivity index (χ2v) is 4.15. The van der Waals surface area contributed by atoms with Crippen LogP contribution in [0.2, 0.25) is 0 Å². The molecule has 5 heteroatoms. The minimum atomic E-state index is -2.71. The van der Waals surface area contributed by atoms with Gasteiger partial charge in [0.15, 0.2) is 0 Å². The summed E-state index contributed by atoms with van der Waals surface area (Å²) in [6.45, 7) is 6.16. The number of ether oxygens (including phenoxy) is 2. The quantitative estimate of drug-likeness (QED) is 0.535. The lowest BCUT2D eigenvalue weighted by atomic mass is 10.0. The smallest absolute Gasteiger partial charge is 0.356 e. The van der Waals surface area contributed by atoms with Crippen LogP contribution in [0.15, 0.2) is 0 Å². The third kappa shape index (κ3) is 3.49. The highest BCUT2D eigenvalue weighted by atomic mass is 19.1. The maximum atomic E-state index is 13.9. The van der Waals surface area contributed by atoms with Crippen LogP contribution in [0, 0.1) is 0 Å². The fraction of sp³-hybridized carbons (Fsp3) is 0.800. The van der Waals surface area contributed by atoms with Crippen LogP contribution < -0.4 is 0 Å². The van der Waals surface area contributed by atoms with Crippen molar-refractivity contribution in [3.63, 3.8) is 0 Å². The number of carbonyl (C=O) groups is 2. The van der Waals surface area contributed by atoms with Gasteiger partial charge in [-0.25, -0.2) is 14.0 Å². The predicted octanol–water partition coefficient (Wildman–Crippen LogP) is 1.62. The van der Waals surface area contributed by atoms with E-state index in [1.54, 1.807) is 20.8 Å². The Bertz CT molecular complexity index is 257. The minimum absolute atomic E-state index is 0.311. The molecule has 0 saturated carbocycles. The normalized spacial score (nSPS) is 15.3. The number of halogens is 1. The Morgan fingerprint density at radius 2 is 1.67 bits per heavy atom. The zero-order valence-electron chi connectivity index (χ0n) is 9.72. The van der Waals surface area contributed by atoms with Gasteiger partial charge in [-0.15, -0.1) is 0 Å². The molecule has 0 bridgehead atoms. The van der Waals surface area contributed by atoms with E-state index >= 15 is 0 Å². The van der Waals surface area contributed by atoms with Crippen molar-refractivity contribution in [1.29, 1.82) is 0 Å². The lowest BCUT2D eigenvalue weighted by molar-refractivity contribution is -0.180. The Labute approximate surface area is 88.7 Å². The van der Waals surface area contributed by atoms with Gasteiger partial charge in [-0.3, -0.25) is 0 Å². The van der Waals surface area contributed by atoms with Crippen molar-refractivity contribution >= 4 is 11.9 Å². The average Bonchev–Trinajstić information content (AvgIpc) is 2.12. The summed E-state index contributed by atoms with van der Waals surface area (Å²) in [7, 11) is 1.02. The third-order valence-electron chi connectivity index (χ3n) is 1.72. The lowest BCUT2D eigenvalue weighted by Gasteiger charge is -2.25. The Morgan fingerprint density at radius 3 is 1.93 bits per heavy atom. The number of hydrogen-bond acceptors (Lipinski definition) is 4. The zero-order chi connectivity index (χ0) is 12.3. The van der Waals surface area contributed by atoms with Crippen LogP contribution >= 0.6 is 0 Å². The molecule has 0 unspecified atom stereocenters. The highest BCUT2D eigenvalue weighted by Crippen LogP contribution is 2.23. The first-order valence-electron chi connectivity index (χ1n) is 4.68. The summed E-state index contributed by atoms with van der Waals surface area (Å²) in [6, 6.07) is 0. The number of carbonyl (C=O) groups excluding carboxylic acids is 2. The van der Waals surface area contributed by atoms with Crippen molar-refractivity contribution in [2.24, 2.45) is 0 Å². The molecule has 0 aromatic rings. The summed E-state index contributed by atoms with van der Waals surface area (Å²) >= 11 is 0. The van der Waals surface area contributed by atoms with E-state index in [1.807, 2.05) is 0 Å². The molecule has 0 amide bonds. The molecule has 0 aliphatic rings. The average molecular weight is 220 g/mol. The van der Waals surface area contributed by atoms with Gasteiger partial charge in [0, 0.05) is 6.42 Å². The SMILES string of the molecule is CC[C@@](F)(C(=O)OC)C(=O)OC(C)(C)C. The standard InChI is InChI=1S/C10H17FO4/c1-6-10(11,7(12)14-5)8(13)15-9(2,3)4/h6H2,1-5H3/t10-/m1/s1. The van der Waals surface area contributed by atoms with Gasteiger partial charge in [0.2, 0.25) is 0 Å². The lowest BCUT2D eigenvalue weighted by Crippen LogP contribution is -2.46. The van der Waals surface area contributed by atoms with Crippen LogP contribution in [0.1, 0.15) is 34.1 Å². The topological polar surface area (TPSA) is 52.6 Å². The van der Waals surface area contributed by atoms with E-state index < -0.39 is 23.2 Å². The Balaban J connectivity index is 4.82. The summed E-state index contributed by atoms with van der Waals surface area (Å²) in [5, 5.41) is 0.